The van der Waals surface area contributed by atoms with E-state index >= 15 is 0 Å². The number of rotatable bonds is 0. The monoisotopic (exact) mass is 380 g/mol. The van der Waals surface area contributed by atoms with Gasteiger partial charge in [0.2, 0.25) is 11.6 Å². The van der Waals surface area contributed by atoms with Crippen LogP contribution in [-0.2, 0) is 0 Å². The lowest BCUT2D eigenvalue weighted by Crippen LogP contribution is -2.13. The van der Waals surface area contributed by atoms with E-state index in [2.05, 4.69) is 20.6 Å². The van der Waals surface area contributed by atoms with E-state index < -0.39 is 0 Å². The number of nitrogens with one attached hydrogen (secondary N) is 3. The van der Waals surface area contributed by atoms with Crippen molar-refractivity contribution in [2.75, 3.05) is 10.6 Å². The highest BCUT2D eigenvalue weighted by molar-refractivity contribution is 6.27. The number of fused-ring (bicyclic) bond motifs is 3. The average Bonchev–Trinajstić information content (AvgIpc) is 3.45. The van der Waals surface area contributed by atoms with Gasteiger partial charge < -0.3 is 15.6 Å². The molecule has 3 heterocycles. The van der Waals surface area contributed by atoms with Crippen molar-refractivity contribution in [1.29, 1.82) is 0 Å². The van der Waals surface area contributed by atoms with Crippen LogP contribution >= 0.6 is 0 Å². The van der Waals surface area contributed by atoms with Gasteiger partial charge in [-0.2, -0.15) is 0 Å². The van der Waals surface area contributed by atoms with Gasteiger partial charge in [-0.1, -0.05) is 36.4 Å². The number of allylic oxidation sites excluding steroid dienone is 2. The van der Waals surface area contributed by atoms with Crippen molar-refractivity contribution in [2.45, 2.75) is 0 Å². The highest BCUT2D eigenvalue weighted by atomic mass is 16.1. The number of ketones is 2. The fraction of sp³-hybridized carbons (Fsp3) is 0. The summed E-state index contributed by atoms with van der Waals surface area (Å²) in [4.78, 5) is 31.8. The lowest BCUT2D eigenvalue weighted by Gasteiger charge is -2.03. The van der Waals surface area contributed by atoms with Crippen LogP contribution in [0.25, 0.3) is 11.0 Å². The third-order valence-corrected chi connectivity index (χ3v) is 4.89. The molecule has 4 aromatic rings. The van der Waals surface area contributed by atoms with Crippen molar-refractivity contribution in [3.8, 4) is 0 Å². The number of benzene rings is 3. The maximum atomic E-state index is 12.4. The van der Waals surface area contributed by atoms with Crippen LogP contribution in [0.5, 0.6) is 0 Å². The van der Waals surface area contributed by atoms with Crippen LogP contribution in [0.1, 0.15) is 20.7 Å². The quantitative estimate of drug-likeness (QED) is 0.394. The predicted octanol–water partition coefficient (Wildman–Crippen LogP) is 4.38. The van der Waals surface area contributed by atoms with Crippen LogP contribution in [-0.4, -0.2) is 21.5 Å². The molecule has 3 N–H and O–H groups in total. The number of carbonyl (C=O) groups is 2. The zero-order valence-corrected chi connectivity index (χ0v) is 15.3. The number of anilines is 2. The van der Waals surface area contributed by atoms with E-state index in [1.54, 1.807) is 18.5 Å². The standard InChI is InChI=1S/C16H10N2O2.C7H6N2/c19-15-9-5-1-3-7-11(9)17-13(15)14-16(20)10-6-2-4-8-12(10)18-14;1-2-4-7-6(3-1)8-5-9-7/h1-8,17-18H;1-5H,(H,8,9). The van der Waals surface area contributed by atoms with Crippen LogP contribution in [0.15, 0.2) is 90.5 Å². The van der Waals surface area contributed by atoms with Crippen molar-refractivity contribution >= 4 is 34.0 Å². The van der Waals surface area contributed by atoms with E-state index in [1.807, 2.05) is 60.7 Å². The molecule has 1 aromatic heterocycles. The number of para-hydroxylation sites is 4. The second kappa shape index (κ2) is 6.76. The van der Waals surface area contributed by atoms with Crippen molar-refractivity contribution in [3.05, 3.63) is 102 Å². The van der Waals surface area contributed by atoms with Crippen LogP contribution in [0.2, 0.25) is 0 Å². The number of aromatic nitrogens is 2. The molecule has 0 amide bonds. The third kappa shape index (κ3) is 2.87. The van der Waals surface area contributed by atoms with Crippen LogP contribution in [0, 0.1) is 0 Å². The summed E-state index contributed by atoms with van der Waals surface area (Å²) < 4.78 is 0. The second-order valence-corrected chi connectivity index (χ2v) is 6.67. The maximum Gasteiger partial charge on any atom is 0.213 e. The Balaban J connectivity index is 0.000000168. The molecule has 0 bridgehead atoms. The summed E-state index contributed by atoms with van der Waals surface area (Å²) in [5.41, 5.74) is 5.45. The Hall–Kier alpha value is -4.19. The Morgan fingerprint density at radius 3 is 1.69 bits per heavy atom. The molecule has 6 rings (SSSR count). The Morgan fingerprint density at radius 1 is 0.621 bits per heavy atom. The van der Waals surface area contributed by atoms with Crippen molar-refractivity contribution in [1.82, 2.24) is 9.97 Å². The molecule has 0 unspecified atom stereocenters. The molecule has 0 spiro atoms. The summed E-state index contributed by atoms with van der Waals surface area (Å²) in [5.74, 6) is -0.298. The first-order chi connectivity index (χ1) is 14.2. The number of Topliss-reactive ketones (excluding diaryl/α,β-unsaturated/α-hetero) is 2. The van der Waals surface area contributed by atoms with Crippen molar-refractivity contribution in [3.63, 3.8) is 0 Å². The van der Waals surface area contributed by atoms with Gasteiger partial charge in [-0.25, -0.2) is 4.98 Å². The minimum atomic E-state index is -0.149. The average molecular weight is 380 g/mol. The molecular formula is C23H16N4O2. The molecule has 2 aliphatic rings. The Morgan fingerprint density at radius 2 is 1.14 bits per heavy atom. The maximum absolute atomic E-state index is 12.4. The lowest BCUT2D eigenvalue weighted by atomic mass is 10.1. The molecule has 29 heavy (non-hydrogen) atoms. The molecule has 0 radical (unpaired) electrons. The van der Waals surface area contributed by atoms with Crippen LogP contribution in [0.4, 0.5) is 11.4 Å². The van der Waals surface area contributed by atoms with E-state index in [9.17, 15) is 9.59 Å². The summed E-state index contributed by atoms with van der Waals surface area (Å²) in [6, 6.07) is 22.4. The van der Waals surface area contributed by atoms with Gasteiger partial charge in [0.05, 0.1) is 17.4 Å². The van der Waals surface area contributed by atoms with E-state index in [0.717, 1.165) is 22.4 Å². The number of carbonyl (C=O) groups excluding carboxylic acids is 2. The number of imidazole rings is 1. The van der Waals surface area contributed by atoms with Crippen molar-refractivity contribution < 1.29 is 9.59 Å². The minimum Gasteiger partial charge on any atom is -0.350 e. The molecule has 0 atom stereocenters. The molecule has 2 aliphatic heterocycles. The van der Waals surface area contributed by atoms with Gasteiger partial charge >= 0.3 is 0 Å². The summed E-state index contributed by atoms with van der Waals surface area (Å²) in [7, 11) is 0. The van der Waals surface area contributed by atoms with Gasteiger partial charge in [-0.15, -0.1) is 0 Å². The molecule has 0 aliphatic carbocycles. The van der Waals surface area contributed by atoms with E-state index in [-0.39, 0.29) is 11.6 Å². The summed E-state index contributed by atoms with van der Waals surface area (Å²) in [6.45, 7) is 0. The summed E-state index contributed by atoms with van der Waals surface area (Å²) >= 11 is 0. The smallest absolute Gasteiger partial charge is 0.213 e. The Bertz CT molecular complexity index is 1210. The summed E-state index contributed by atoms with van der Waals surface area (Å²) in [5, 5.41) is 6.08. The fourth-order valence-corrected chi connectivity index (χ4v) is 3.46. The number of nitrogens with zero attached hydrogens (tertiary/aromatic N) is 1. The van der Waals surface area contributed by atoms with Gasteiger partial charge in [0.15, 0.2) is 0 Å². The first-order valence-electron chi connectivity index (χ1n) is 9.16. The summed E-state index contributed by atoms with van der Waals surface area (Å²) in [6.07, 6.45) is 1.70. The topological polar surface area (TPSA) is 86.9 Å². The molecule has 6 heteroatoms. The predicted molar refractivity (Wildman–Crippen MR) is 112 cm³/mol. The largest absolute Gasteiger partial charge is 0.350 e. The van der Waals surface area contributed by atoms with Gasteiger partial charge in [-0.05, 0) is 36.4 Å². The zero-order chi connectivity index (χ0) is 19.8. The number of aromatic amines is 1. The van der Waals surface area contributed by atoms with Gasteiger partial charge in [-0.3, -0.25) is 9.59 Å². The molecule has 140 valence electrons. The zero-order valence-electron chi connectivity index (χ0n) is 15.3. The van der Waals surface area contributed by atoms with Gasteiger partial charge in [0.25, 0.3) is 0 Å². The number of hydrogen-bond acceptors (Lipinski definition) is 5. The first-order valence-corrected chi connectivity index (χ1v) is 9.16. The van der Waals surface area contributed by atoms with Crippen LogP contribution in [0.3, 0.4) is 0 Å². The van der Waals surface area contributed by atoms with E-state index in [0.29, 0.717) is 22.5 Å². The molecular weight excluding hydrogens is 364 g/mol. The normalized spacial score (nSPS) is 16.6. The lowest BCUT2D eigenvalue weighted by molar-refractivity contribution is 0.101. The molecule has 3 aromatic carbocycles. The first kappa shape index (κ1) is 16.9. The molecule has 0 fully saturated rings. The van der Waals surface area contributed by atoms with E-state index in [4.69, 9.17) is 0 Å². The minimum absolute atomic E-state index is 0.149. The van der Waals surface area contributed by atoms with Crippen molar-refractivity contribution in [2.24, 2.45) is 0 Å². The Kier molecular flexibility index (Phi) is 3.95. The molecule has 0 saturated carbocycles. The third-order valence-electron chi connectivity index (χ3n) is 4.89. The van der Waals surface area contributed by atoms with Gasteiger partial charge in [0, 0.05) is 22.5 Å². The second-order valence-electron chi connectivity index (χ2n) is 6.67. The van der Waals surface area contributed by atoms with Crippen LogP contribution < -0.4 is 10.6 Å². The highest BCUT2D eigenvalue weighted by Crippen LogP contribution is 2.34. The number of hydrogen-bond donors (Lipinski definition) is 3. The Labute approximate surface area is 166 Å². The van der Waals surface area contributed by atoms with Gasteiger partial charge in [0.1, 0.15) is 11.4 Å². The van der Waals surface area contributed by atoms with E-state index in [1.165, 1.54) is 0 Å². The fourth-order valence-electron chi connectivity index (χ4n) is 3.46. The molecule has 6 nitrogen and oxygen atoms in total. The highest BCUT2D eigenvalue weighted by Gasteiger charge is 2.34. The molecule has 0 saturated heterocycles. The SMILES string of the molecule is O=C1C(=C2Nc3ccccc3C2=O)Nc2ccccc21.c1ccc2[nH]cnc2c1. The number of H-pyrrole nitrogens is 1.